The van der Waals surface area contributed by atoms with Gasteiger partial charge in [0.25, 0.3) is 0 Å². The number of allylic oxidation sites excluding steroid dienone is 3. The van der Waals surface area contributed by atoms with E-state index in [9.17, 15) is 0 Å². The number of hydrogen-bond donors (Lipinski definition) is 1. The van der Waals surface area contributed by atoms with E-state index in [0.717, 1.165) is 17.5 Å². The molecule has 4 rings (SSSR count). The second kappa shape index (κ2) is 8.98. The van der Waals surface area contributed by atoms with E-state index in [2.05, 4.69) is 23.2 Å². The Morgan fingerprint density at radius 3 is 2.39 bits per heavy atom. The van der Waals surface area contributed by atoms with Crippen LogP contribution >= 0.6 is 0 Å². The van der Waals surface area contributed by atoms with E-state index in [1.165, 1.54) is 16.5 Å². The Hall–Kier alpha value is -1.48. The Bertz CT molecular complexity index is 776. The van der Waals surface area contributed by atoms with Crippen LogP contribution in [0.4, 0.5) is 0 Å². The van der Waals surface area contributed by atoms with Crippen LogP contribution in [0.25, 0.3) is 16.5 Å². The molecule has 1 heterocycles. The summed E-state index contributed by atoms with van der Waals surface area (Å²) in [5.74, 6) is 0. The minimum atomic E-state index is 0. The molecule has 0 bridgehead atoms. The average molecular weight is 376 g/mol. The molecular weight excluding hydrogens is 359 g/mol. The van der Waals surface area contributed by atoms with Gasteiger partial charge in [-0.1, -0.05) is 36.4 Å². The first-order chi connectivity index (χ1) is 10.9. The number of aliphatic hydroxyl groups excluding tert-OH is 1. The van der Waals surface area contributed by atoms with Gasteiger partial charge < -0.3 is 10.1 Å². The van der Waals surface area contributed by atoms with Crippen molar-refractivity contribution in [3.8, 4) is 0 Å². The van der Waals surface area contributed by atoms with Gasteiger partial charge in [0.1, 0.15) is 0 Å². The van der Waals surface area contributed by atoms with Gasteiger partial charge in [0.15, 0.2) is 0 Å². The molecule has 3 aromatic rings. The molecule has 1 N–H and O–H groups in total. The summed E-state index contributed by atoms with van der Waals surface area (Å²) >= 11 is 0. The van der Waals surface area contributed by atoms with Crippen LogP contribution in [0.15, 0.2) is 78.5 Å². The summed E-state index contributed by atoms with van der Waals surface area (Å²) in [6.07, 6.45) is 6.84. The minimum absolute atomic E-state index is 0. The van der Waals surface area contributed by atoms with Gasteiger partial charge in [-0.2, -0.15) is 42.6 Å². The first-order valence-corrected chi connectivity index (χ1v) is 7.30. The van der Waals surface area contributed by atoms with E-state index in [1.807, 2.05) is 60.8 Å². The topological polar surface area (TPSA) is 34.3 Å². The van der Waals surface area contributed by atoms with Crippen LogP contribution < -0.4 is 4.98 Å². The molecule has 0 spiro atoms. The molecule has 2 aromatic carbocycles. The normalized spacial score (nSPS) is 12.7. The van der Waals surface area contributed by atoms with Gasteiger partial charge >= 0.3 is 0 Å². The monoisotopic (exact) mass is 376 g/mol. The third-order valence-corrected chi connectivity index (χ3v) is 3.62. The molecule has 2 nitrogen and oxygen atoms in total. The number of benzene rings is 2. The van der Waals surface area contributed by atoms with Crippen LogP contribution in [0.2, 0.25) is 0 Å². The zero-order chi connectivity index (χ0) is 15.2. The van der Waals surface area contributed by atoms with Crippen molar-refractivity contribution in [2.75, 3.05) is 6.61 Å². The molecule has 23 heavy (non-hydrogen) atoms. The van der Waals surface area contributed by atoms with Gasteiger partial charge in [0, 0.05) is 32.7 Å². The SMILES string of the molecule is OCC1=CC=C(c2c[n-]c3ccccc23)C1.[Y].[c-]1ccccc1. The summed E-state index contributed by atoms with van der Waals surface area (Å²) < 4.78 is 0. The van der Waals surface area contributed by atoms with Crippen LogP contribution in [-0.2, 0) is 32.7 Å². The summed E-state index contributed by atoms with van der Waals surface area (Å²) in [4.78, 5) is 4.39. The van der Waals surface area contributed by atoms with Crippen LogP contribution in [0, 0.1) is 6.07 Å². The quantitative estimate of drug-likeness (QED) is 0.687. The predicted molar refractivity (Wildman–Crippen MR) is 90.3 cm³/mol. The Balaban J connectivity index is 0.000000234. The largest absolute Gasteiger partial charge is 0.663 e. The van der Waals surface area contributed by atoms with Crippen LogP contribution in [-0.4, -0.2) is 11.7 Å². The molecule has 1 aromatic heterocycles. The van der Waals surface area contributed by atoms with E-state index >= 15 is 0 Å². The van der Waals surface area contributed by atoms with Crippen molar-refractivity contribution < 1.29 is 37.8 Å². The van der Waals surface area contributed by atoms with Crippen molar-refractivity contribution >= 4 is 16.5 Å². The molecule has 1 aliphatic carbocycles. The Morgan fingerprint density at radius 1 is 1.00 bits per heavy atom. The van der Waals surface area contributed by atoms with E-state index in [4.69, 9.17) is 5.11 Å². The number of aliphatic hydroxyl groups is 1. The predicted octanol–water partition coefficient (Wildman–Crippen LogP) is 3.99. The summed E-state index contributed by atoms with van der Waals surface area (Å²) in [5.41, 5.74) is 4.55. The smallest absolute Gasteiger partial charge is 0.0648 e. The van der Waals surface area contributed by atoms with Crippen molar-refractivity contribution in [2.24, 2.45) is 0 Å². The number of para-hydroxylation sites is 1. The van der Waals surface area contributed by atoms with Gasteiger partial charge in [0.05, 0.1) is 6.61 Å². The number of fused-ring (bicyclic) bond motifs is 1. The van der Waals surface area contributed by atoms with E-state index in [1.54, 1.807) is 0 Å². The maximum Gasteiger partial charge on any atom is 0.0648 e. The molecule has 3 heteroatoms. The second-order valence-electron chi connectivity index (χ2n) is 5.12. The number of rotatable bonds is 2. The third-order valence-electron chi connectivity index (χ3n) is 3.62. The maximum atomic E-state index is 9.08. The Kier molecular flexibility index (Phi) is 6.97. The van der Waals surface area contributed by atoms with E-state index in [-0.39, 0.29) is 39.3 Å². The van der Waals surface area contributed by atoms with E-state index in [0.29, 0.717) is 0 Å². The van der Waals surface area contributed by atoms with Gasteiger partial charge in [-0.3, -0.25) is 0 Å². The summed E-state index contributed by atoms with van der Waals surface area (Å²) in [6.45, 7) is 0.145. The summed E-state index contributed by atoms with van der Waals surface area (Å²) in [5, 5.41) is 10.3. The molecule has 1 radical (unpaired) electrons. The van der Waals surface area contributed by atoms with Crippen molar-refractivity contribution in [3.05, 3.63) is 90.1 Å². The van der Waals surface area contributed by atoms with Gasteiger partial charge in [-0.15, -0.1) is 5.52 Å². The fourth-order valence-electron chi connectivity index (χ4n) is 2.49. The summed E-state index contributed by atoms with van der Waals surface area (Å²) in [6, 6.07) is 20.6. The van der Waals surface area contributed by atoms with Crippen molar-refractivity contribution in [2.45, 2.75) is 6.42 Å². The first-order valence-electron chi connectivity index (χ1n) is 7.30. The number of nitrogens with zero attached hydrogens (tertiary/aromatic N) is 1. The zero-order valence-electron chi connectivity index (χ0n) is 12.8. The van der Waals surface area contributed by atoms with Gasteiger partial charge in [0.2, 0.25) is 0 Å². The molecule has 0 fully saturated rings. The molecule has 1 aliphatic rings. The van der Waals surface area contributed by atoms with Gasteiger partial charge in [-0.05, 0) is 28.5 Å². The molecular formula is C20H17NOY-2. The maximum absolute atomic E-state index is 9.08. The third kappa shape index (κ3) is 4.51. The zero-order valence-corrected chi connectivity index (χ0v) is 15.7. The standard InChI is InChI=1S/C14H12NO.C6H5.Y/c16-9-10-5-6-11(7-10)13-8-15-14-4-2-1-3-12(13)14;1-2-4-6-5-3-1;/h1-6,8,16H,7,9H2;1-5H;/q2*-1;. The van der Waals surface area contributed by atoms with Crippen molar-refractivity contribution in [1.29, 1.82) is 0 Å². The Labute approximate surface area is 161 Å². The Morgan fingerprint density at radius 2 is 1.78 bits per heavy atom. The van der Waals surface area contributed by atoms with Crippen LogP contribution in [0.3, 0.4) is 0 Å². The molecule has 0 aliphatic heterocycles. The van der Waals surface area contributed by atoms with Crippen molar-refractivity contribution in [3.63, 3.8) is 0 Å². The van der Waals surface area contributed by atoms with Crippen LogP contribution in [0.5, 0.6) is 0 Å². The fourth-order valence-corrected chi connectivity index (χ4v) is 2.49. The second-order valence-corrected chi connectivity index (χ2v) is 5.12. The molecule has 0 unspecified atom stereocenters. The van der Waals surface area contributed by atoms with Crippen LogP contribution in [0.1, 0.15) is 12.0 Å². The molecule has 0 saturated carbocycles. The average Bonchev–Trinajstić information content (AvgIpc) is 3.23. The fraction of sp³-hybridized carbons (Fsp3) is 0.100. The first kappa shape index (κ1) is 17.9. The minimum Gasteiger partial charge on any atom is -0.663 e. The molecule has 113 valence electrons. The van der Waals surface area contributed by atoms with Crippen molar-refractivity contribution in [1.82, 2.24) is 4.98 Å². The molecule has 0 amide bonds. The number of hydrogen-bond acceptors (Lipinski definition) is 1. The molecule has 0 atom stereocenters. The van der Waals surface area contributed by atoms with E-state index < -0.39 is 0 Å². The van der Waals surface area contributed by atoms with Gasteiger partial charge in [-0.25, -0.2) is 0 Å². The number of aromatic nitrogens is 1. The molecule has 0 saturated heterocycles. The summed E-state index contributed by atoms with van der Waals surface area (Å²) in [7, 11) is 0.